The van der Waals surface area contributed by atoms with E-state index in [1.54, 1.807) is 0 Å². The van der Waals surface area contributed by atoms with Crippen molar-refractivity contribution < 1.29 is 4.79 Å². The third-order valence-corrected chi connectivity index (χ3v) is 3.44. The molecule has 0 saturated heterocycles. The monoisotopic (exact) mass is 254 g/mol. The number of amides is 1. The van der Waals surface area contributed by atoms with E-state index in [1.165, 1.54) is 12.5 Å². The third-order valence-electron chi connectivity index (χ3n) is 3.16. The van der Waals surface area contributed by atoms with Crippen molar-refractivity contribution in [2.75, 3.05) is 6.54 Å². The molecule has 2 rings (SSSR count). The Morgan fingerprint density at radius 3 is 3.12 bits per heavy atom. The number of carbonyl (C=O) groups is 1. The zero-order valence-corrected chi connectivity index (χ0v) is 10.2. The Morgan fingerprint density at radius 1 is 1.59 bits per heavy atom. The van der Waals surface area contributed by atoms with Gasteiger partial charge < -0.3 is 11.1 Å². The van der Waals surface area contributed by atoms with Crippen molar-refractivity contribution in [2.45, 2.75) is 25.3 Å². The van der Waals surface area contributed by atoms with Crippen molar-refractivity contribution in [3.8, 4) is 0 Å². The number of nitrogens with two attached hydrogens (primary N) is 1. The van der Waals surface area contributed by atoms with Crippen LogP contribution in [-0.4, -0.2) is 28.5 Å². The summed E-state index contributed by atoms with van der Waals surface area (Å²) in [6, 6.07) is 0.138. The lowest BCUT2D eigenvalue weighted by Crippen LogP contribution is -2.40. The van der Waals surface area contributed by atoms with Crippen LogP contribution in [0, 0.1) is 5.92 Å². The Bertz CT molecular complexity index is 412. The van der Waals surface area contributed by atoms with Crippen LogP contribution < -0.4 is 11.1 Å². The van der Waals surface area contributed by atoms with Crippen LogP contribution >= 0.6 is 11.6 Å². The van der Waals surface area contributed by atoms with Crippen LogP contribution in [0.4, 0.5) is 0 Å². The van der Waals surface area contributed by atoms with Crippen molar-refractivity contribution in [2.24, 2.45) is 11.7 Å². The van der Waals surface area contributed by atoms with Crippen molar-refractivity contribution >= 4 is 17.5 Å². The average Bonchev–Trinajstić information content (AvgIpc) is 2.76. The predicted octanol–water partition coefficient (Wildman–Crippen LogP) is 0.987. The maximum atomic E-state index is 12.0. The highest BCUT2D eigenvalue weighted by Gasteiger charge is 2.28. The third kappa shape index (κ3) is 2.73. The smallest absolute Gasteiger partial charge is 0.271 e. The molecule has 0 aliphatic heterocycles. The lowest BCUT2D eigenvalue weighted by atomic mass is 10.0. The Hall–Kier alpha value is -1.20. The van der Waals surface area contributed by atoms with E-state index < -0.39 is 0 Å². The van der Waals surface area contributed by atoms with Crippen molar-refractivity contribution in [1.82, 2.24) is 15.3 Å². The molecule has 6 heteroatoms. The van der Waals surface area contributed by atoms with E-state index in [2.05, 4.69) is 15.3 Å². The highest BCUT2D eigenvalue weighted by atomic mass is 35.5. The minimum atomic E-state index is -0.247. The Labute approximate surface area is 105 Å². The quantitative estimate of drug-likeness (QED) is 0.843. The fourth-order valence-electron chi connectivity index (χ4n) is 2.23. The van der Waals surface area contributed by atoms with E-state index >= 15 is 0 Å². The van der Waals surface area contributed by atoms with Crippen LogP contribution in [0.15, 0.2) is 12.5 Å². The van der Waals surface area contributed by atoms with E-state index in [0.29, 0.717) is 12.5 Å². The van der Waals surface area contributed by atoms with Gasteiger partial charge in [0.05, 0.1) is 5.02 Å². The fourth-order valence-corrected chi connectivity index (χ4v) is 2.42. The topological polar surface area (TPSA) is 80.9 Å². The van der Waals surface area contributed by atoms with Gasteiger partial charge in [0.2, 0.25) is 0 Å². The van der Waals surface area contributed by atoms with Gasteiger partial charge in [0.25, 0.3) is 5.91 Å². The average molecular weight is 255 g/mol. The summed E-state index contributed by atoms with van der Waals surface area (Å²) in [6.45, 7) is 0.600. The minimum Gasteiger partial charge on any atom is -0.348 e. The number of halogens is 1. The van der Waals surface area contributed by atoms with E-state index in [0.717, 1.165) is 19.3 Å². The molecule has 1 fully saturated rings. The van der Waals surface area contributed by atoms with Gasteiger partial charge in [0.15, 0.2) is 0 Å². The van der Waals surface area contributed by atoms with Crippen LogP contribution in [0.5, 0.6) is 0 Å². The summed E-state index contributed by atoms with van der Waals surface area (Å²) < 4.78 is 0. The van der Waals surface area contributed by atoms with Crippen molar-refractivity contribution in [3.05, 3.63) is 23.2 Å². The first kappa shape index (κ1) is 12.3. The highest BCUT2D eigenvalue weighted by Crippen LogP contribution is 2.25. The molecule has 5 nitrogen and oxygen atoms in total. The molecule has 1 aromatic rings. The molecule has 1 heterocycles. The summed E-state index contributed by atoms with van der Waals surface area (Å²) in [7, 11) is 0. The lowest BCUT2D eigenvalue weighted by Gasteiger charge is -2.19. The van der Waals surface area contributed by atoms with Gasteiger partial charge in [0.1, 0.15) is 12.0 Å². The largest absolute Gasteiger partial charge is 0.348 e. The Morgan fingerprint density at radius 2 is 2.41 bits per heavy atom. The minimum absolute atomic E-state index is 0.138. The van der Waals surface area contributed by atoms with Crippen LogP contribution in [0.3, 0.4) is 0 Å². The molecule has 2 atom stereocenters. The molecule has 1 aliphatic carbocycles. The van der Waals surface area contributed by atoms with Crippen LogP contribution in [-0.2, 0) is 0 Å². The molecular weight excluding hydrogens is 240 g/mol. The summed E-state index contributed by atoms with van der Waals surface area (Å²) in [4.78, 5) is 19.6. The maximum Gasteiger partial charge on any atom is 0.271 e. The standard InChI is InChI=1S/C11H15ClN4O/c12-8-5-14-6-15-10(8)11(17)16-9-3-1-2-7(9)4-13/h5-7,9H,1-4,13H2,(H,16,17)/t7-,9-/m0/s1. The second kappa shape index (κ2) is 5.42. The molecule has 1 amide bonds. The van der Waals surface area contributed by atoms with Gasteiger partial charge in [-0.05, 0) is 25.3 Å². The fraction of sp³-hybridized carbons (Fsp3) is 0.545. The molecule has 3 N–H and O–H groups in total. The number of carbonyl (C=O) groups excluding carboxylic acids is 1. The first-order valence-electron chi connectivity index (χ1n) is 5.68. The molecule has 1 aromatic heterocycles. The van der Waals surface area contributed by atoms with E-state index in [4.69, 9.17) is 17.3 Å². The lowest BCUT2D eigenvalue weighted by molar-refractivity contribution is 0.0923. The summed E-state index contributed by atoms with van der Waals surface area (Å²) in [6.07, 6.45) is 5.87. The molecule has 0 radical (unpaired) electrons. The molecule has 17 heavy (non-hydrogen) atoms. The second-order valence-electron chi connectivity index (χ2n) is 4.23. The van der Waals surface area contributed by atoms with Crippen molar-refractivity contribution in [1.29, 1.82) is 0 Å². The van der Waals surface area contributed by atoms with Gasteiger partial charge >= 0.3 is 0 Å². The number of rotatable bonds is 3. The number of hydrogen-bond acceptors (Lipinski definition) is 4. The maximum absolute atomic E-state index is 12.0. The zero-order chi connectivity index (χ0) is 12.3. The number of nitrogens with zero attached hydrogens (tertiary/aromatic N) is 2. The molecule has 1 saturated carbocycles. The van der Waals surface area contributed by atoms with Gasteiger partial charge in [-0.25, -0.2) is 9.97 Å². The first-order valence-corrected chi connectivity index (χ1v) is 6.06. The number of aromatic nitrogens is 2. The van der Waals surface area contributed by atoms with E-state index in [-0.39, 0.29) is 22.7 Å². The van der Waals surface area contributed by atoms with Gasteiger partial charge in [-0.3, -0.25) is 4.79 Å². The van der Waals surface area contributed by atoms with Gasteiger partial charge in [0, 0.05) is 12.2 Å². The highest BCUT2D eigenvalue weighted by molar-refractivity contribution is 6.33. The van der Waals surface area contributed by atoms with Gasteiger partial charge in [-0.1, -0.05) is 18.0 Å². The van der Waals surface area contributed by atoms with Gasteiger partial charge in [-0.15, -0.1) is 0 Å². The van der Waals surface area contributed by atoms with Crippen molar-refractivity contribution in [3.63, 3.8) is 0 Å². The molecule has 92 valence electrons. The summed E-state index contributed by atoms with van der Waals surface area (Å²) in [5, 5.41) is 3.21. The molecule has 0 unspecified atom stereocenters. The molecule has 1 aliphatic rings. The number of hydrogen-bond donors (Lipinski definition) is 2. The summed E-state index contributed by atoms with van der Waals surface area (Å²) >= 11 is 5.86. The number of nitrogens with one attached hydrogen (secondary N) is 1. The van der Waals surface area contributed by atoms with Crippen LogP contribution in [0.2, 0.25) is 5.02 Å². The SMILES string of the molecule is NC[C@@H]1CCC[C@@H]1NC(=O)c1ncncc1Cl. The summed E-state index contributed by atoms with van der Waals surface area (Å²) in [5.41, 5.74) is 5.89. The normalized spacial score (nSPS) is 23.6. The predicted molar refractivity (Wildman–Crippen MR) is 64.7 cm³/mol. The molecule has 0 spiro atoms. The first-order chi connectivity index (χ1) is 8.22. The van der Waals surface area contributed by atoms with E-state index in [1.807, 2.05) is 0 Å². The Kier molecular flexibility index (Phi) is 3.91. The Balaban J connectivity index is 2.04. The molecule has 0 bridgehead atoms. The molecule has 0 aromatic carbocycles. The van der Waals surface area contributed by atoms with Crippen LogP contribution in [0.25, 0.3) is 0 Å². The van der Waals surface area contributed by atoms with Gasteiger partial charge in [-0.2, -0.15) is 0 Å². The second-order valence-corrected chi connectivity index (χ2v) is 4.63. The van der Waals surface area contributed by atoms with E-state index in [9.17, 15) is 4.79 Å². The molecular formula is C11H15ClN4O. The summed E-state index contributed by atoms with van der Waals surface area (Å²) in [5.74, 6) is 0.113. The zero-order valence-electron chi connectivity index (χ0n) is 9.40. The van der Waals surface area contributed by atoms with Crippen LogP contribution in [0.1, 0.15) is 29.8 Å².